The van der Waals surface area contributed by atoms with E-state index in [0.717, 1.165) is 38.0 Å². The summed E-state index contributed by atoms with van der Waals surface area (Å²) < 4.78 is 5.70. The largest absolute Gasteiger partial charge is 0.493 e. The fourth-order valence-corrected chi connectivity index (χ4v) is 3.95. The summed E-state index contributed by atoms with van der Waals surface area (Å²) in [6.07, 6.45) is 7.35. The smallest absolute Gasteiger partial charge is 0.139 e. The lowest BCUT2D eigenvalue weighted by atomic mass is 9.74. The van der Waals surface area contributed by atoms with Gasteiger partial charge in [0.05, 0.1) is 6.61 Å². The molecule has 0 N–H and O–H groups in total. The summed E-state index contributed by atoms with van der Waals surface area (Å²) in [5.74, 6) is 1.84. The summed E-state index contributed by atoms with van der Waals surface area (Å²) in [5.41, 5.74) is 1.23. The van der Waals surface area contributed by atoms with Gasteiger partial charge in [-0.25, -0.2) is 0 Å². The lowest BCUT2D eigenvalue weighted by molar-refractivity contribution is -0.129. The van der Waals surface area contributed by atoms with E-state index in [1.165, 1.54) is 18.4 Å². The first-order valence-corrected chi connectivity index (χ1v) is 8.00. The molecule has 3 rings (SSSR count). The van der Waals surface area contributed by atoms with Crippen LogP contribution in [0.25, 0.3) is 0 Å². The van der Waals surface area contributed by atoms with Crippen LogP contribution in [0.2, 0.25) is 0 Å². The fourth-order valence-electron chi connectivity index (χ4n) is 3.95. The van der Waals surface area contributed by atoms with E-state index >= 15 is 0 Å². The Bertz CT molecular complexity index is 486. The van der Waals surface area contributed by atoms with Crippen molar-refractivity contribution in [3.8, 4) is 5.75 Å². The van der Waals surface area contributed by atoms with Crippen molar-refractivity contribution < 1.29 is 9.53 Å². The van der Waals surface area contributed by atoms with Gasteiger partial charge in [0.25, 0.3) is 0 Å². The summed E-state index contributed by atoms with van der Waals surface area (Å²) in [6, 6.07) is 8.21. The first kappa shape index (κ1) is 13.7. The van der Waals surface area contributed by atoms with Crippen LogP contribution in [0.3, 0.4) is 0 Å². The van der Waals surface area contributed by atoms with Crippen molar-refractivity contribution in [1.82, 2.24) is 0 Å². The summed E-state index contributed by atoms with van der Waals surface area (Å²) in [6.45, 7) is 2.93. The minimum Gasteiger partial charge on any atom is -0.493 e. The van der Waals surface area contributed by atoms with E-state index in [-0.39, 0.29) is 5.41 Å². The average Bonchev–Trinajstić information content (AvgIpc) is 2.98. The van der Waals surface area contributed by atoms with E-state index in [9.17, 15) is 4.79 Å². The number of ketones is 1. The normalized spacial score (nSPS) is 23.9. The molecule has 0 amide bonds. The maximum atomic E-state index is 12.8. The van der Waals surface area contributed by atoms with E-state index < -0.39 is 0 Å². The maximum absolute atomic E-state index is 12.8. The molecule has 2 heteroatoms. The molecule has 0 spiro atoms. The third-order valence-electron chi connectivity index (χ3n) is 5.34. The molecule has 1 aromatic carbocycles. The van der Waals surface area contributed by atoms with Crippen molar-refractivity contribution in [3.63, 3.8) is 0 Å². The Balaban J connectivity index is 1.77. The number of benzene rings is 1. The third kappa shape index (κ3) is 2.36. The summed E-state index contributed by atoms with van der Waals surface area (Å²) in [7, 11) is 0. The molecule has 0 saturated heterocycles. The van der Waals surface area contributed by atoms with Crippen LogP contribution >= 0.6 is 0 Å². The molecular formula is C18H24O2. The van der Waals surface area contributed by atoms with Gasteiger partial charge in [0, 0.05) is 11.8 Å². The number of ether oxygens (including phenoxy) is 1. The minimum atomic E-state index is -0.00670. The van der Waals surface area contributed by atoms with Crippen LogP contribution < -0.4 is 4.74 Å². The zero-order chi connectivity index (χ0) is 14.0. The number of carbonyl (C=O) groups is 1. The molecule has 1 aliphatic carbocycles. The quantitative estimate of drug-likeness (QED) is 0.807. The van der Waals surface area contributed by atoms with Crippen LogP contribution in [0.15, 0.2) is 24.3 Å². The highest BCUT2D eigenvalue weighted by molar-refractivity contribution is 5.86. The van der Waals surface area contributed by atoms with Crippen molar-refractivity contribution in [2.24, 2.45) is 5.41 Å². The molecule has 1 heterocycles. The molecule has 0 aromatic heterocycles. The second kappa shape index (κ2) is 5.59. The zero-order valence-corrected chi connectivity index (χ0v) is 12.4. The number of fused-ring (bicyclic) bond motifs is 1. The van der Waals surface area contributed by atoms with Gasteiger partial charge in [0.2, 0.25) is 0 Å². The van der Waals surface area contributed by atoms with Gasteiger partial charge in [-0.3, -0.25) is 4.79 Å². The molecule has 108 valence electrons. The highest BCUT2D eigenvalue weighted by Crippen LogP contribution is 2.45. The second-order valence-electron chi connectivity index (χ2n) is 6.34. The van der Waals surface area contributed by atoms with Gasteiger partial charge in [0.1, 0.15) is 11.5 Å². The van der Waals surface area contributed by atoms with Crippen LogP contribution in [-0.2, 0) is 4.79 Å². The topological polar surface area (TPSA) is 26.3 Å². The molecule has 0 radical (unpaired) electrons. The number of hydrogen-bond donors (Lipinski definition) is 0. The van der Waals surface area contributed by atoms with Crippen molar-refractivity contribution >= 4 is 5.78 Å². The molecule has 2 aliphatic rings. The van der Waals surface area contributed by atoms with Gasteiger partial charge in [-0.1, -0.05) is 38.0 Å². The molecule has 2 nitrogen and oxygen atoms in total. The Morgan fingerprint density at radius 1 is 1.30 bits per heavy atom. The van der Waals surface area contributed by atoms with Crippen molar-refractivity contribution in [2.45, 2.75) is 57.8 Å². The fraction of sp³-hybridized carbons (Fsp3) is 0.611. The molecule has 0 bridgehead atoms. The molecule has 20 heavy (non-hydrogen) atoms. The Hall–Kier alpha value is -1.31. The van der Waals surface area contributed by atoms with Crippen LogP contribution in [0.5, 0.6) is 5.75 Å². The SMILES string of the molecule is CCC1(C(=O)CC2CCOc3ccccc32)CCCC1. The Morgan fingerprint density at radius 2 is 2.05 bits per heavy atom. The molecule has 1 atom stereocenters. The summed E-state index contributed by atoms with van der Waals surface area (Å²) >= 11 is 0. The molecule has 1 saturated carbocycles. The number of hydrogen-bond acceptors (Lipinski definition) is 2. The summed E-state index contributed by atoms with van der Waals surface area (Å²) in [5, 5.41) is 0. The molecule has 1 aromatic rings. The number of para-hydroxylation sites is 1. The minimum absolute atomic E-state index is 0.00670. The van der Waals surface area contributed by atoms with E-state index in [2.05, 4.69) is 19.1 Å². The zero-order valence-electron chi connectivity index (χ0n) is 12.4. The highest BCUT2D eigenvalue weighted by atomic mass is 16.5. The molecular weight excluding hydrogens is 248 g/mol. The average molecular weight is 272 g/mol. The maximum Gasteiger partial charge on any atom is 0.139 e. The van der Waals surface area contributed by atoms with E-state index in [1.807, 2.05) is 12.1 Å². The number of carbonyl (C=O) groups excluding carboxylic acids is 1. The van der Waals surface area contributed by atoms with Gasteiger partial charge >= 0.3 is 0 Å². The molecule has 1 fully saturated rings. The third-order valence-corrected chi connectivity index (χ3v) is 5.34. The number of Topliss-reactive ketones (excluding diaryl/α,β-unsaturated/α-hetero) is 1. The standard InChI is InChI=1S/C18H24O2/c1-2-18(10-5-6-11-18)17(19)13-14-9-12-20-16-8-4-3-7-15(14)16/h3-4,7-8,14H,2,5-6,9-13H2,1H3. The second-order valence-corrected chi connectivity index (χ2v) is 6.34. The van der Waals surface area contributed by atoms with Crippen LogP contribution in [0.1, 0.15) is 63.4 Å². The van der Waals surface area contributed by atoms with Crippen LogP contribution in [0.4, 0.5) is 0 Å². The van der Waals surface area contributed by atoms with E-state index in [4.69, 9.17) is 4.74 Å². The van der Waals surface area contributed by atoms with Crippen LogP contribution in [0, 0.1) is 5.41 Å². The number of rotatable bonds is 4. The molecule has 1 aliphatic heterocycles. The van der Waals surface area contributed by atoms with Crippen molar-refractivity contribution in [1.29, 1.82) is 0 Å². The first-order chi connectivity index (χ1) is 9.75. The van der Waals surface area contributed by atoms with Crippen molar-refractivity contribution in [3.05, 3.63) is 29.8 Å². The van der Waals surface area contributed by atoms with Gasteiger partial charge in [-0.15, -0.1) is 0 Å². The Kier molecular flexibility index (Phi) is 3.82. The van der Waals surface area contributed by atoms with E-state index in [0.29, 0.717) is 18.1 Å². The lowest BCUT2D eigenvalue weighted by Gasteiger charge is -2.30. The Labute approximate surface area is 121 Å². The predicted octanol–water partition coefficient (Wildman–Crippen LogP) is 4.48. The van der Waals surface area contributed by atoms with Gasteiger partial charge < -0.3 is 4.74 Å². The van der Waals surface area contributed by atoms with Gasteiger partial charge in [-0.2, -0.15) is 0 Å². The predicted molar refractivity (Wildman–Crippen MR) is 80.1 cm³/mol. The lowest BCUT2D eigenvalue weighted by Crippen LogP contribution is -2.29. The summed E-state index contributed by atoms with van der Waals surface area (Å²) in [4.78, 5) is 12.8. The van der Waals surface area contributed by atoms with E-state index in [1.54, 1.807) is 0 Å². The highest BCUT2D eigenvalue weighted by Gasteiger charge is 2.40. The van der Waals surface area contributed by atoms with Gasteiger partial charge in [0.15, 0.2) is 0 Å². The monoisotopic (exact) mass is 272 g/mol. The first-order valence-electron chi connectivity index (χ1n) is 8.00. The Morgan fingerprint density at radius 3 is 2.80 bits per heavy atom. The molecule has 1 unspecified atom stereocenters. The van der Waals surface area contributed by atoms with Gasteiger partial charge in [-0.05, 0) is 43.2 Å². The van der Waals surface area contributed by atoms with Crippen molar-refractivity contribution in [2.75, 3.05) is 6.61 Å². The van der Waals surface area contributed by atoms with Crippen LogP contribution in [-0.4, -0.2) is 12.4 Å².